The fourth-order valence-electron chi connectivity index (χ4n) is 1.69. The van der Waals surface area contributed by atoms with Gasteiger partial charge >= 0.3 is 0 Å². The molecule has 0 bridgehead atoms. The summed E-state index contributed by atoms with van der Waals surface area (Å²) in [6, 6.07) is 4.95. The van der Waals surface area contributed by atoms with E-state index in [1.54, 1.807) is 26.0 Å². The molecule has 2 amide bonds. The molecular weight excluding hydrogens is 270 g/mol. The summed E-state index contributed by atoms with van der Waals surface area (Å²) in [6.07, 6.45) is 0.109. The van der Waals surface area contributed by atoms with E-state index in [1.165, 1.54) is 6.07 Å². The maximum Gasteiger partial charge on any atom is 0.275 e. The van der Waals surface area contributed by atoms with Crippen molar-refractivity contribution in [3.63, 3.8) is 0 Å². The van der Waals surface area contributed by atoms with Crippen molar-refractivity contribution in [3.8, 4) is 5.75 Å². The van der Waals surface area contributed by atoms with Crippen molar-refractivity contribution in [3.05, 3.63) is 29.3 Å². The van der Waals surface area contributed by atoms with E-state index >= 15 is 0 Å². The van der Waals surface area contributed by atoms with E-state index in [0.717, 1.165) is 0 Å². The Morgan fingerprint density at radius 3 is 2.62 bits per heavy atom. The molecule has 0 fully saturated rings. The monoisotopic (exact) mass is 291 g/mol. The Kier molecular flexibility index (Phi) is 5.90. The van der Waals surface area contributed by atoms with Crippen LogP contribution in [0, 0.1) is 6.92 Å². The normalized spacial score (nSPS) is 11.4. The number of phenols is 1. The largest absolute Gasteiger partial charge is 0.507 e. The van der Waals surface area contributed by atoms with Crippen LogP contribution in [-0.4, -0.2) is 28.7 Å². The number of hydrazone groups is 1. The van der Waals surface area contributed by atoms with E-state index in [1.807, 2.05) is 13.8 Å². The summed E-state index contributed by atoms with van der Waals surface area (Å²) >= 11 is 0. The molecule has 0 unspecified atom stereocenters. The highest BCUT2D eigenvalue weighted by Gasteiger charge is 2.12. The topological polar surface area (TPSA) is 90.8 Å². The number of benzene rings is 1. The lowest BCUT2D eigenvalue weighted by Crippen LogP contribution is -2.31. The minimum absolute atomic E-state index is 0.0594. The van der Waals surface area contributed by atoms with Gasteiger partial charge in [0.2, 0.25) is 5.91 Å². The Labute approximate surface area is 124 Å². The Morgan fingerprint density at radius 2 is 2.00 bits per heavy atom. The highest BCUT2D eigenvalue weighted by atomic mass is 16.3. The van der Waals surface area contributed by atoms with Gasteiger partial charge in [-0.15, -0.1) is 0 Å². The number of aryl methyl sites for hydroxylation is 1. The van der Waals surface area contributed by atoms with Crippen molar-refractivity contribution < 1.29 is 14.7 Å². The molecule has 1 aromatic rings. The highest BCUT2D eigenvalue weighted by molar-refractivity contribution is 6.01. The molecule has 114 valence electrons. The molecule has 1 aromatic carbocycles. The maximum absolute atomic E-state index is 11.9. The number of aromatic hydroxyl groups is 1. The number of phenolic OH excluding ortho intramolecular Hbond substituents is 1. The van der Waals surface area contributed by atoms with Gasteiger partial charge in [-0.25, -0.2) is 5.43 Å². The molecule has 0 aliphatic heterocycles. The lowest BCUT2D eigenvalue weighted by molar-refractivity contribution is -0.120. The molecule has 6 nitrogen and oxygen atoms in total. The zero-order valence-electron chi connectivity index (χ0n) is 12.7. The summed E-state index contributed by atoms with van der Waals surface area (Å²) in [5, 5.41) is 16.4. The van der Waals surface area contributed by atoms with Gasteiger partial charge in [0.05, 0.1) is 12.0 Å². The summed E-state index contributed by atoms with van der Waals surface area (Å²) < 4.78 is 0. The maximum atomic E-state index is 11.9. The van der Waals surface area contributed by atoms with E-state index < -0.39 is 5.91 Å². The molecule has 0 aliphatic rings. The minimum Gasteiger partial charge on any atom is -0.507 e. The number of nitrogens with one attached hydrogen (secondary N) is 2. The van der Waals surface area contributed by atoms with Crippen molar-refractivity contribution in [1.82, 2.24) is 10.7 Å². The first-order valence-corrected chi connectivity index (χ1v) is 6.72. The molecule has 0 spiro atoms. The fourth-order valence-corrected chi connectivity index (χ4v) is 1.69. The van der Waals surface area contributed by atoms with E-state index in [0.29, 0.717) is 11.3 Å². The number of carbonyl (C=O) groups is 2. The fraction of sp³-hybridized carbons (Fsp3) is 0.400. The first kappa shape index (κ1) is 16.7. The summed E-state index contributed by atoms with van der Waals surface area (Å²) in [5.74, 6) is -0.737. The number of hydrogen-bond acceptors (Lipinski definition) is 4. The summed E-state index contributed by atoms with van der Waals surface area (Å²) in [6.45, 7) is 7.09. The number of hydrogen-bond donors (Lipinski definition) is 3. The Morgan fingerprint density at radius 1 is 1.33 bits per heavy atom. The second-order valence-electron chi connectivity index (χ2n) is 5.16. The molecule has 0 aromatic heterocycles. The average molecular weight is 291 g/mol. The molecule has 6 heteroatoms. The van der Waals surface area contributed by atoms with Gasteiger partial charge in [-0.3, -0.25) is 9.59 Å². The first-order chi connectivity index (χ1) is 9.81. The SMILES string of the molecule is CC(CC(=O)NC(C)C)=NNC(=O)c1cccc(C)c1O. The lowest BCUT2D eigenvalue weighted by Gasteiger charge is -2.08. The molecule has 0 heterocycles. The number of carbonyl (C=O) groups excluding carboxylic acids is 2. The van der Waals surface area contributed by atoms with Crippen LogP contribution in [0.3, 0.4) is 0 Å². The lowest BCUT2D eigenvalue weighted by atomic mass is 10.1. The third kappa shape index (κ3) is 5.25. The standard InChI is InChI=1S/C15H21N3O3/c1-9(2)16-13(19)8-11(4)17-18-15(21)12-7-5-6-10(3)14(12)20/h5-7,9,20H,8H2,1-4H3,(H,16,19)(H,18,21). The zero-order valence-corrected chi connectivity index (χ0v) is 12.7. The molecule has 1 rings (SSSR count). The van der Waals surface area contributed by atoms with Gasteiger partial charge in [0.15, 0.2) is 0 Å². The van der Waals surface area contributed by atoms with Gasteiger partial charge in [-0.05, 0) is 39.3 Å². The number of amides is 2. The molecule has 0 radical (unpaired) electrons. The summed E-state index contributed by atoms with van der Waals surface area (Å²) in [5.41, 5.74) is 3.58. The van der Waals surface area contributed by atoms with Crippen LogP contribution in [0.2, 0.25) is 0 Å². The summed E-state index contributed by atoms with van der Waals surface area (Å²) in [4.78, 5) is 23.4. The van der Waals surface area contributed by atoms with Gasteiger partial charge < -0.3 is 10.4 Å². The third-order valence-corrected chi connectivity index (χ3v) is 2.70. The minimum atomic E-state index is -0.514. The predicted molar refractivity (Wildman–Crippen MR) is 81.3 cm³/mol. The zero-order chi connectivity index (χ0) is 16.0. The van der Waals surface area contributed by atoms with Gasteiger partial charge in [0.25, 0.3) is 5.91 Å². The number of nitrogens with zero attached hydrogens (tertiary/aromatic N) is 1. The predicted octanol–water partition coefficient (Wildman–Crippen LogP) is 1.72. The number of rotatable bonds is 5. The first-order valence-electron chi connectivity index (χ1n) is 6.72. The molecule has 3 N–H and O–H groups in total. The molecule has 0 atom stereocenters. The van der Waals surface area contributed by atoms with E-state index in [2.05, 4.69) is 15.8 Å². The van der Waals surface area contributed by atoms with Crippen LogP contribution in [-0.2, 0) is 4.79 Å². The quantitative estimate of drug-likeness (QED) is 0.570. The smallest absolute Gasteiger partial charge is 0.275 e. The summed E-state index contributed by atoms with van der Waals surface area (Å²) in [7, 11) is 0. The number of para-hydroxylation sites is 1. The van der Waals surface area contributed by atoms with Crippen LogP contribution in [0.5, 0.6) is 5.75 Å². The van der Waals surface area contributed by atoms with Crippen molar-refractivity contribution in [2.24, 2.45) is 5.10 Å². The van der Waals surface area contributed by atoms with Crippen molar-refractivity contribution in [2.45, 2.75) is 40.2 Å². The van der Waals surface area contributed by atoms with Crippen molar-refractivity contribution in [1.29, 1.82) is 0 Å². The van der Waals surface area contributed by atoms with Crippen LogP contribution in [0.4, 0.5) is 0 Å². The van der Waals surface area contributed by atoms with Gasteiger partial charge in [0, 0.05) is 11.8 Å². The van der Waals surface area contributed by atoms with Crippen molar-refractivity contribution in [2.75, 3.05) is 0 Å². The third-order valence-electron chi connectivity index (χ3n) is 2.70. The van der Waals surface area contributed by atoms with Crippen LogP contribution >= 0.6 is 0 Å². The molecule has 0 saturated carbocycles. The average Bonchev–Trinajstić information content (AvgIpc) is 2.38. The van der Waals surface area contributed by atoms with Crippen molar-refractivity contribution >= 4 is 17.5 Å². The van der Waals surface area contributed by atoms with E-state index in [9.17, 15) is 14.7 Å². The van der Waals surface area contributed by atoms with Gasteiger partial charge in [0.1, 0.15) is 5.75 Å². The van der Waals surface area contributed by atoms with E-state index in [4.69, 9.17) is 0 Å². The Bertz CT molecular complexity index is 565. The highest BCUT2D eigenvalue weighted by Crippen LogP contribution is 2.20. The second kappa shape index (κ2) is 7.42. The Hall–Kier alpha value is -2.37. The molecule has 0 saturated heterocycles. The Balaban J connectivity index is 2.65. The second-order valence-corrected chi connectivity index (χ2v) is 5.16. The van der Waals surface area contributed by atoms with Crippen LogP contribution in [0.1, 0.15) is 43.1 Å². The van der Waals surface area contributed by atoms with Crippen LogP contribution in [0.25, 0.3) is 0 Å². The molecule has 21 heavy (non-hydrogen) atoms. The molecule has 0 aliphatic carbocycles. The van der Waals surface area contributed by atoms with Gasteiger partial charge in [-0.2, -0.15) is 5.10 Å². The van der Waals surface area contributed by atoms with E-state index in [-0.39, 0.29) is 29.7 Å². The van der Waals surface area contributed by atoms with Crippen LogP contribution in [0.15, 0.2) is 23.3 Å². The van der Waals surface area contributed by atoms with Crippen LogP contribution < -0.4 is 10.7 Å². The molecular formula is C15H21N3O3. The van der Waals surface area contributed by atoms with Gasteiger partial charge in [-0.1, -0.05) is 12.1 Å².